The molecule has 1 aromatic heterocycles. The number of nitrogens with zero attached hydrogens (tertiary/aromatic N) is 1. The van der Waals surface area contributed by atoms with Crippen molar-refractivity contribution in [3.8, 4) is 11.6 Å². The standard InChI is InChI=1S/C15H16INO2/c1-10(2)14-7-11(9-18)8-15(17-14)19-13-5-3-12(16)4-6-13/h3-8,10,18H,9H2,1-2H3. The van der Waals surface area contributed by atoms with E-state index in [1.807, 2.05) is 30.3 Å². The van der Waals surface area contributed by atoms with Crippen LogP contribution in [0.5, 0.6) is 11.6 Å². The van der Waals surface area contributed by atoms with Crippen LogP contribution in [0.1, 0.15) is 31.0 Å². The molecule has 0 spiro atoms. The molecule has 0 radical (unpaired) electrons. The summed E-state index contributed by atoms with van der Waals surface area (Å²) >= 11 is 2.25. The first-order valence-corrected chi connectivity index (χ1v) is 7.21. The number of hydrogen-bond donors (Lipinski definition) is 1. The molecule has 0 bridgehead atoms. The Morgan fingerprint density at radius 3 is 2.47 bits per heavy atom. The maximum absolute atomic E-state index is 9.29. The van der Waals surface area contributed by atoms with Crippen molar-refractivity contribution < 1.29 is 9.84 Å². The Bertz CT molecular complexity index is 553. The normalized spacial score (nSPS) is 10.8. The molecule has 0 atom stereocenters. The van der Waals surface area contributed by atoms with Gasteiger partial charge in [0, 0.05) is 15.3 Å². The lowest BCUT2D eigenvalue weighted by molar-refractivity contribution is 0.280. The average molecular weight is 369 g/mol. The summed E-state index contributed by atoms with van der Waals surface area (Å²) in [5.74, 6) is 1.57. The molecule has 0 aliphatic rings. The van der Waals surface area contributed by atoms with Crippen molar-refractivity contribution in [2.75, 3.05) is 0 Å². The van der Waals surface area contributed by atoms with Gasteiger partial charge in [-0.2, -0.15) is 0 Å². The van der Waals surface area contributed by atoms with Crippen LogP contribution in [0.25, 0.3) is 0 Å². The Hall–Kier alpha value is -1.14. The fourth-order valence-corrected chi connectivity index (χ4v) is 2.00. The Balaban J connectivity index is 2.28. The van der Waals surface area contributed by atoms with Crippen molar-refractivity contribution in [2.24, 2.45) is 0 Å². The molecule has 0 saturated heterocycles. The third-order valence-corrected chi connectivity index (χ3v) is 3.41. The number of ether oxygens (including phenoxy) is 1. The van der Waals surface area contributed by atoms with Crippen LogP contribution < -0.4 is 4.74 Å². The first-order chi connectivity index (χ1) is 9.08. The van der Waals surface area contributed by atoms with Gasteiger partial charge < -0.3 is 9.84 Å². The number of benzene rings is 1. The summed E-state index contributed by atoms with van der Waals surface area (Å²) in [4.78, 5) is 4.46. The molecule has 1 aromatic carbocycles. The average Bonchev–Trinajstić information content (AvgIpc) is 2.41. The van der Waals surface area contributed by atoms with Crippen LogP contribution in [0.3, 0.4) is 0 Å². The van der Waals surface area contributed by atoms with Gasteiger partial charge in [0.15, 0.2) is 0 Å². The van der Waals surface area contributed by atoms with Crippen LogP contribution in [-0.4, -0.2) is 10.1 Å². The van der Waals surface area contributed by atoms with Gasteiger partial charge in [0.2, 0.25) is 5.88 Å². The van der Waals surface area contributed by atoms with Gasteiger partial charge in [-0.3, -0.25) is 0 Å². The van der Waals surface area contributed by atoms with E-state index >= 15 is 0 Å². The first-order valence-electron chi connectivity index (χ1n) is 6.13. The Labute approximate surface area is 126 Å². The molecule has 1 N–H and O–H groups in total. The molecule has 100 valence electrons. The lowest BCUT2D eigenvalue weighted by atomic mass is 10.1. The molecule has 4 heteroatoms. The number of hydrogen-bond acceptors (Lipinski definition) is 3. The molecule has 3 nitrogen and oxygen atoms in total. The minimum atomic E-state index is -0.00864. The quantitative estimate of drug-likeness (QED) is 0.826. The highest BCUT2D eigenvalue weighted by Gasteiger charge is 2.07. The Morgan fingerprint density at radius 2 is 1.89 bits per heavy atom. The monoisotopic (exact) mass is 369 g/mol. The van der Waals surface area contributed by atoms with Gasteiger partial charge in [0.1, 0.15) is 5.75 Å². The number of rotatable bonds is 4. The van der Waals surface area contributed by atoms with Crippen LogP contribution in [-0.2, 0) is 6.61 Å². The zero-order chi connectivity index (χ0) is 13.8. The molecule has 2 rings (SSSR count). The largest absolute Gasteiger partial charge is 0.439 e. The lowest BCUT2D eigenvalue weighted by Crippen LogP contribution is -1.98. The summed E-state index contributed by atoms with van der Waals surface area (Å²) in [5, 5.41) is 9.29. The number of aliphatic hydroxyl groups excluding tert-OH is 1. The molecular formula is C15H16INO2. The van der Waals surface area contributed by atoms with Crippen molar-refractivity contribution in [1.29, 1.82) is 0 Å². The van der Waals surface area contributed by atoms with Crippen LogP contribution in [0, 0.1) is 3.57 Å². The second-order valence-electron chi connectivity index (χ2n) is 4.61. The van der Waals surface area contributed by atoms with Gasteiger partial charge in [-0.1, -0.05) is 13.8 Å². The van der Waals surface area contributed by atoms with E-state index in [1.54, 1.807) is 6.07 Å². The van der Waals surface area contributed by atoms with Gasteiger partial charge in [-0.25, -0.2) is 4.98 Å². The third-order valence-electron chi connectivity index (χ3n) is 2.69. The second kappa shape index (κ2) is 6.34. The Morgan fingerprint density at radius 1 is 1.21 bits per heavy atom. The highest BCUT2D eigenvalue weighted by Crippen LogP contribution is 2.24. The second-order valence-corrected chi connectivity index (χ2v) is 5.85. The molecule has 0 fully saturated rings. The highest BCUT2D eigenvalue weighted by molar-refractivity contribution is 14.1. The van der Waals surface area contributed by atoms with Crippen molar-refractivity contribution in [3.63, 3.8) is 0 Å². The predicted molar refractivity (Wildman–Crippen MR) is 83.5 cm³/mol. The molecule has 0 saturated carbocycles. The summed E-state index contributed by atoms with van der Waals surface area (Å²) in [6, 6.07) is 11.5. The maximum Gasteiger partial charge on any atom is 0.219 e. The molecule has 1 heterocycles. The van der Waals surface area contributed by atoms with E-state index in [0.29, 0.717) is 11.8 Å². The number of aromatic nitrogens is 1. The van der Waals surface area contributed by atoms with Crippen molar-refractivity contribution >= 4 is 22.6 Å². The summed E-state index contributed by atoms with van der Waals surface area (Å²) < 4.78 is 6.90. The molecule has 0 aliphatic carbocycles. The van der Waals surface area contributed by atoms with E-state index < -0.39 is 0 Å². The van der Waals surface area contributed by atoms with E-state index in [4.69, 9.17) is 4.74 Å². The molecule has 0 unspecified atom stereocenters. The van der Waals surface area contributed by atoms with Gasteiger partial charge in [-0.15, -0.1) is 0 Å². The fraction of sp³-hybridized carbons (Fsp3) is 0.267. The number of halogens is 1. The van der Waals surface area contributed by atoms with E-state index in [1.165, 1.54) is 0 Å². The zero-order valence-electron chi connectivity index (χ0n) is 10.9. The summed E-state index contributed by atoms with van der Waals surface area (Å²) in [5.41, 5.74) is 1.74. The van der Waals surface area contributed by atoms with Gasteiger partial charge in [0.05, 0.1) is 6.61 Å². The van der Waals surface area contributed by atoms with Crippen LogP contribution in [0.4, 0.5) is 0 Å². The Kier molecular flexibility index (Phi) is 4.76. The van der Waals surface area contributed by atoms with Crippen molar-refractivity contribution in [3.05, 3.63) is 51.2 Å². The molecular weight excluding hydrogens is 353 g/mol. The smallest absolute Gasteiger partial charge is 0.219 e. The fourth-order valence-electron chi connectivity index (χ4n) is 1.64. The van der Waals surface area contributed by atoms with E-state index in [2.05, 4.69) is 41.4 Å². The highest BCUT2D eigenvalue weighted by atomic mass is 127. The summed E-state index contributed by atoms with van der Waals surface area (Å²) in [7, 11) is 0. The minimum Gasteiger partial charge on any atom is -0.439 e. The SMILES string of the molecule is CC(C)c1cc(CO)cc(Oc2ccc(I)cc2)n1. The van der Waals surface area contributed by atoms with Gasteiger partial charge in [-0.05, 0) is 64.4 Å². The van der Waals surface area contributed by atoms with Crippen LogP contribution in [0.15, 0.2) is 36.4 Å². The summed E-state index contributed by atoms with van der Waals surface area (Å²) in [6.07, 6.45) is 0. The maximum atomic E-state index is 9.29. The van der Waals surface area contributed by atoms with Gasteiger partial charge >= 0.3 is 0 Å². The topological polar surface area (TPSA) is 42.4 Å². The van der Waals surface area contributed by atoms with E-state index in [9.17, 15) is 5.11 Å². The number of aliphatic hydroxyl groups is 1. The number of pyridine rings is 1. The van der Waals surface area contributed by atoms with Crippen LogP contribution in [0.2, 0.25) is 0 Å². The summed E-state index contributed by atoms with van der Waals surface area (Å²) in [6.45, 7) is 4.13. The van der Waals surface area contributed by atoms with Gasteiger partial charge in [0.25, 0.3) is 0 Å². The third kappa shape index (κ3) is 3.91. The van der Waals surface area contributed by atoms with Crippen molar-refractivity contribution in [1.82, 2.24) is 4.98 Å². The predicted octanol–water partition coefficient (Wildman–Crippen LogP) is 4.09. The van der Waals surface area contributed by atoms with Crippen molar-refractivity contribution in [2.45, 2.75) is 26.4 Å². The minimum absolute atomic E-state index is 0.00864. The van der Waals surface area contributed by atoms with E-state index in [0.717, 1.165) is 20.6 Å². The first kappa shape index (κ1) is 14.3. The molecule has 0 aliphatic heterocycles. The lowest BCUT2D eigenvalue weighted by Gasteiger charge is -2.11. The molecule has 2 aromatic rings. The van der Waals surface area contributed by atoms with E-state index in [-0.39, 0.29) is 6.61 Å². The molecule has 19 heavy (non-hydrogen) atoms. The molecule has 0 amide bonds. The van der Waals surface area contributed by atoms with Crippen LogP contribution >= 0.6 is 22.6 Å². The zero-order valence-corrected chi connectivity index (χ0v) is 13.1.